The van der Waals surface area contributed by atoms with Crippen LogP contribution in [0.4, 0.5) is 8.78 Å². The van der Waals surface area contributed by atoms with Crippen molar-refractivity contribution in [3.8, 4) is 0 Å². The summed E-state index contributed by atoms with van der Waals surface area (Å²) in [6.07, 6.45) is 0.0397. The summed E-state index contributed by atoms with van der Waals surface area (Å²) >= 11 is 0. The predicted molar refractivity (Wildman–Crippen MR) is 41.5 cm³/mol. The first kappa shape index (κ1) is 12.2. The van der Waals surface area contributed by atoms with Gasteiger partial charge in [0.2, 0.25) is 5.91 Å². The zero-order chi connectivity index (χ0) is 10.3. The molecule has 78 valence electrons. The standard InChI is InChI=1S/C7H13F2NO3/c1-13-3-2-6(12)10-4-7(8,9)5-11/h11H,2-5H2,1H3,(H,10,12). The fourth-order valence-corrected chi connectivity index (χ4v) is 0.567. The van der Waals surface area contributed by atoms with Crippen LogP contribution >= 0.6 is 0 Å². The molecule has 0 heterocycles. The molecule has 0 saturated carbocycles. The van der Waals surface area contributed by atoms with Crippen LogP contribution in [0.15, 0.2) is 0 Å². The summed E-state index contributed by atoms with van der Waals surface area (Å²) < 4.78 is 29.3. The van der Waals surface area contributed by atoms with Crippen LogP contribution in [0, 0.1) is 0 Å². The first-order valence-electron chi connectivity index (χ1n) is 3.76. The third-order valence-corrected chi connectivity index (χ3v) is 1.31. The fourth-order valence-electron chi connectivity index (χ4n) is 0.567. The minimum atomic E-state index is -3.25. The van der Waals surface area contributed by atoms with Crippen molar-refractivity contribution in [2.75, 3.05) is 26.9 Å². The molecular weight excluding hydrogens is 184 g/mol. The number of alkyl halides is 2. The zero-order valence-electron chi connectivity index (χ0n) is 7.35. The van der Waals surface area contributed by atoms with Gasteiger partial charge >= 0.3 is 0 Å². The lowest BCUT2D eigenvalue weighted by Gasteiger charge is -2.13. The summed E-state index contributed by atoms with van der Waals surface area (Å²) in [6.45, 7) is -1.92. The van der Waals surface area contributed by atoms with Crippen LogP contribution in [-0.2, 0) is 9.53 Å². The number of carbonyl (C=O) groups excluding carboxylic acids is 1. The van der Waals surface area contributed by atoms with Crippen molar-refractivity contribution in [1.82, 2.24) is 5.32 Å². The normalized spacial score (nSPS) is 11.4. The Bertz CT molecular complexity index is 164. The molecule has 0 aromatic rings. The van der Waals surface area contributed by atoms with Crippen molar-refractivity contribution in [2.45, 2.75) is 12.3 Å². The average Bonchev–Trinajstić information content (AvgIpc) is 2.11. The number of methoxy groups -OCH3 is 1. The van der Waals surface area contributed by atoms with Crippen molar-refractivity contribution in [2.24, 2.45) is 0 Å². The number of rotatable bonds is 6. The molecule has 6 heteroatoms. The van der Waals surface area contributed by atoms with Crippen molar-refractivity contribution < 1.29 is 23.4 Å². The summed E-state index contributed by atoms with van der Waals surface area (Å²) in [4.78, 5) is 10.8. The van der Waals surface area contributed by atoms with Gasteiger partial charge < -0.3 is 15.2 Å². The lowest BCUT2D eigenvalue weighted by molar-refractivity contribution is -0.124. The molecule has 0 fully saturated rings. The lowest BCUT2D eigenvalue weighted by atomic mass is 10.3. The van der Waals surface area contributed by atoms with E-state index in [1.807, 2.05) is 5.32 Å². The predicted octanol–water partition coefficient (Wildman–Crippen LogP) is -0.233. The van der Waals surface area contributed by atoms with Crippen molar-refractivity contribution in [3.63, 3.8) is 0 Å². The molecule has 0 rings (SSSR count). The van der Waals surface area contributed by atoms with Gasteiger partial charge in [0.05, 0.1) is 13.2 Å². The summed E-state index contributed by atoms with van der Waals surface area (Å²) in [6, 6.07) is 0. The Morgan fingerprint density at radius 2 is 2.23 bits per heavy atom. The molecule has 0 spiro atoms. The summed E-state index contributed by atoms with van der Waals surface area (Å²) in [5.41, 5.74) is 0. The smallest absolute Gasteiger partial charge is 0.287 e. The molecule has 2 N–H and O–H groups in total. The van der Waals surface area contributed by atoms with Gasteiger partial charge in [-0.05, 0) is 0 Å². The van der Waals surface area contributed by atoms with Crippen molar-refractivity contribution in [1.29, 1.82) is 0 Å². The van der Waals surface area contributed by atoms with Crippen LogP contribution in [0.2, 0.25) is 0 Å². The van der Waals surface area contributed by atoms with E-state index in [2.05, 4.69) is 4.74 Å². The van der Waals surface area contributed by atoms with E-state index in [1.165, 1.54) is 7.11 Å². The van der Waals surface area contributed by atoms with E-state index in [1.54, 1.807) is 0 Å². The molecule has 0 aromatic carbocycles. The number of aliphatic hydroxyl groups is 1. The van der Waals surface area contributed by atoms with Gasteiger partial charge in [-0.1, -0.05) is 0 Å². The van der Waals surface area contributed by atoms with Gasteiger partial charge in [0.25, 0.3) is 5.92 Å². The Morgan fingerprint density at radius 1 is 1.62 bits per heavy atom. The fraction of sp³-hybridized carbons (Fsp3) is 0.857. The van der Waals surface area contributed by atoms with Gasteiger partial charge in [-0.15, -0.1) is 0 Å². The Balaban J connectivity index is 3.57. The zero-order valence-corrected chi connectivity index (χ0v) is 7.35. The van der Waals surface area contributed by atoms with E-state index >= 15 is 0 Å². The number of aliphatic hydroxyl groups excluding tert-OH is 1. The highest BCUT2D eigenvalue weighted by Gasteiger charge is 2.27. The quantitative estimate of drug-likeness (QED) is 0.618. The molecule has 4 nitrogen and oxygen atoms in total. The molecule has 0 aromatic heterocycles. The van der Waals surface area contributed by atoms with E-state index in [4.69, 9.17) is 5.11 Å². The van der Waals surface area contributed by atoms with Gasteiger partial charge in [0.15, 0.2) is 0 Å². The maximum Gasteiger partial charge on any atom is 0.287 e. The largest absolute Gasteiger partial charge is 0.390 e. The number of amides is 1. The second-order valence-corrected chi connectivity index (χ2v) is 2.53. The third-order valence-electron chi connectivity index (χ3n) is 1.31. The van der Waals surface area contributed by atoms with Crippen LogP contribution in [0.25, 0.3) is 0 Å². The van der Waals surface area contributed by atoms with Crippen LogP contribution in [-0.4, -0.2) is 43.8 Å². The number of carbonyl (C=O) groups is 1. The van der Waals surface area contributed by atoms with E-state index in [9.17, 15) is 13.6 Å². The van der Waals surface area contributed by atoms with Crippen LogP contribution in [0.1, 0.15) is 6.42 Å². The highest BCUT2D eigenvalue weighted by molar-refractivity contribution is 5.75. The van der Waals surface area contributed by atoms with E-state index in [0.717, 1.165) is 0 Å². The molecule has 0 bridgehead atoms. The molecule has 13 heavy (non-hydrogen) atoms. The first-order chi connectivity index (χ1) is 6.02. The van der Waals surface area contributed by atoms with Crippen molar-refractivity contribution >= 4 is 5.91 Å². The van der Waals surface area contributed by atoms with Crippen LogP contribution in [0.5, 0.6) is 0 Å². The topological polar surface area (TPSA) is 58.6 Å². The van der Waals surface area contributed by atoms with Gasteiger partial charge in [-0.3, -0.25) is 4.79 Å². The Hall–Kier alpha value is -0.750. The second kappa shape index (κ2) is 5.82. The molecule has 0 aliphatic carbocycles. The van der Waals surface area contributed by atoms with Crippen molar-refractivity contribution in [3.05, 3.63) is 0 Å². The summed E-state index contributed by atoms with van der Waals surface area (Å²) in [5, 5.41) is 10.1. The van der Waals surface area contributed by atoms with Crippen LogP contribution < -0.4 is 5.32 Å². The SMILES string of the molecule is COCCC(=O)NCC(F)(F)CO. The average molecular weight is 197 g/mol. The maximum absolute atomic E-state index is 12.3. The molecule has 0 atom stereocenters. The molecule has 0 aliphatic rings. The van der Waals surface area contributed by atoms with E-state index in [-0.39, 0.29) is 13.0 Å². The Labute approximate surface area is 74.9 Å². The molecule has 1 amide bonds. The van der Waals surface area contributed by atoms with E-state index in [0.29, 0.717) is 0 Å². The summed E-state index contributed by atoms with van der Waals surface area (Å²) in [7, 11) is 1.41. The number of ether oxygens (including phenoxy) is 1. The Morgan fingerprint density at radius 3 is 2.69 bits per heavy atom. The molecular formula is C7H13F2NO3. The van der Waals surface area contributed by atoms with Gasteiger partial charge in [-0.2, -0.15) is 0 Å². The highest BCUT2D eigenvalue weighted by Crippen LogP contribution is 2.09. The lowest BCUT2D eigenvalue weighted by Crippen LogP contribution is -2.39. The molecule has 0 aliphatic heterocycles. The monoisotopic (exact) mass is 197 g/mol. The van der Waals surface area contributed by atoms with Crippen LogP contribution in [0.3, 0.4) is 0 Å². The third kappa shape index (κ3) is 6.41. The number of hydrogen-bond donors (Lipinski definition) is 2. The Kier molecular flexibility index (Phi) is 5.48. The van der Waals surface area contributed by atoms with E-state index < -0.39 is 25.0 Å². The molecule has 0 radical (unpaired) electrons. The number of nitrogens with one attached hydrogen (secondary N) is 1. The molecule has 0 saturated heterocycles. The van der Waals surface area contributed by atoms with Gasteiger partial charge in [0.1, 0.15) is 6.61 Å². The number of halogens is 2. The van der Waals surface area contributed by atoms with Gasteiger partial charge in [-0.25, -0.2) is 8.78 Å². The molecule has 0 unspecified atom stereocenters. The first-order valence-corrected chi connectivity index (χ1v) is 3.76. The van der Waals surface area contributed by atoms with Gasteiger partial charge in [0, 0.05) is 13.5 Å². The minimum absolute atomic E-state index is 0.0397. The summed E-state index contributed by atoms with van der Waals surface area (Å²) in [5.74, 6) is -3.77. The maximum atomic E-state index is 12.3. The number of hydrogen-bond acceptors (Lipinski definition) is 3. The second-order valence-electron chi connectivity index (χ2n) is 2.53. The minimum Gasteiger partial charge on any atom is -0.390 e. The highest BCUT2D eigenvalue weighted by atomic mass is 19.3.